The van der Waals surface area contributed by atoms with Crippen LogP contribution in [0.1, 0.15) is 26.7 Å². The lowest BCUT2D eigenvalue weighted by Gasteiger charge is -2.17. The van der Waals surface area contributed by atoms with Crippen molar-refractivity contribution in [2.24, 2.45) is 11.5 Å². The molecule has 10 N–H and O–H groups in total. The van der Waals surface area contributed by atoms with Crippen LogP contribution < -0.4 is 23.8 Å². The number of rotatable bonds is 4. The molecule has 0 bridgehead atoms. The molecule has 12 heavy (non-hydrogen) atoms. The van der Waals surface area contributed by atoms with Gasteiger partial charge in [0.25, 0.3) is 0 Å². The topological polar surface area (TPSA) is 122 Å². The second kappa shape index (κ2) is 8.67. The third-order valence-corrected chi connectivity index (χ3v) is 1.83. The fourth-order valence-electron chi connectivity index (χ4n) is 0.799. The predicted octanol–water partition coefficient (Wildman–Crippen LogP) is 1.34. The average molecular weight is 176 g/mol. The highest BCUT2D eigenvalue weighted by molar-refractivity contribution is 5.11. The van der Waals surface area contributed by atoms with Crippen LogP contribution in [-0.4, -0.2) is 12.1 Å². The van der Waals surface area contributed by atoms with E-state index in [2.05, 4.69) is 6.58 Å². The van der Waals surface area contributed by atoms with Crippen LogP contribution in [0.2, 0.25) is 0 Å². The van der Waals surface area contributed by atoms with Crippen molar-refractivity contribution in [3.05, 3.63) is 12.2 Å². The van der Waals surface area contributed by atoms with Crippen LogP contribution in [-0.2, 0) is 0 Å². The fourth-order valence-corrected chi connectivity index (χ4v) is 0.799. The van der Waals surface area contributed by atoms with Crippen molar-refractivity contribution in [3.63, 3.8) is 0 Å². The third-order valence-electron chi connectivity index (χ3n) is 1.83. The second-order valence-corrected chi connectivity index (χ2v) is 2.60. The first-order valence-electron chi connectivity index (χ1n) is 3.83. The standard InChI is InChI=1S/C8H18N2.2H3N/c1-4-7(9)6(3)8(10)5-2;;/h7-8H,3-5,9-10H2,1-2H3;2*1H3. The minimum Gasteiger partial charge on any atom is -0.344 e. The Hall–Kier alpha value is -0.420. The van der Waals surface area contributed by atoms with E-state index in [1.165, 1.54) is 0 Å². The first-order valence-corrected chi connectivity index (χ1v) is 3.83. The molecule has 0 aromatic heterocycles. The molecule has 0 fully saturated rings. The van der Waals surface area contributed by atoms with E-state index < -0.39 is 0 Å². The lowest BCUT2D eigenvalue weighted by Crippen LogP contribution is -2.33. The van der Waals surface area contributed by atoms with Crippen LogP contribution in [0.15, 0.2) is 12.2 Å². The molecule has 0 saturated carbocycles. The summed E-state index contributed by atoms with van der Waals surface area (Å²) in [7, 11) is 0. The SMILES string of the molecule is C=C(C(N)CC)C(N)CC.N.N. The molecule has 0 aliphatic heterocycles. The Bertz CT molecular complexity index is 102. The van der Waals surface area contributed by atoms with Gasteiger partial charge in [0.05, 0.1) is 0 Å². The molecule has 0 aliphatic carbocycles. The van der Waals surface area contributed by atoms with Crippen LogP contribution in [0.3, 0.4) is 0 Å². The van der Waals surface area contributed by atoms with E-state index in [4.69, 9.17) is 11.5 Å². The molecule has 2 unspecified atom stereocenters. The zero-order chi connectivity index (χ0) is 8.15. The van der Waals surface area contributed by atoms with Crippen molar-refractivity contribution in [3.8, 4) is 0 Å². The van der Waals surface area contributed by atoms with E-state index in [1.807, 2.05) is 13.8 Å². The maximum atomic E-state index is 5.71. The van der Waals surface area contributed by atoms with Gasteiger partial charge < -0.3 is 23.8 Å². The molecule has 4 heteroatoms. The Labute approximate surface area is 75.6 Å². The van der Waals surface area contributed by atoms with Crippen molar-refractivity contribution >= 4 is 0 Å². The summed E-state index contributed by atoms with van der Waals surface area (Å²) in [5.74, 6) is 0. The van der Waals surface area contributed by atoms with E-state index in [9.17, 15) is 0 Å². The summed E-state index contributed by atoms with van der Waals surface area (Å²) in [6.45, 7) is 7.93. The van der Waals surface area contributed by atoms with E-state index >= 15 is 0 Å². The van der Waals surface area contributed by atoms with Crippen molar-refractivity contribution in [2.45, 2.75) is 38.8 Å². The fraction of sp³-hybridized carbons (Fsp3) is 0.750. The third kappa shape index (κ3) is 5.26. The van der Waals surface area contributed by atoms with Crippen molar-refractivity contribution in [2.75, 3.05) is 0 Å². The molecular formula is C8H24N4. The van der Waals surface area contributed by atoms with Gasteiger partial charge in [0.1, 0.15) is 0 Å². The van der Waals surface area contributed by atoms with Gasteiger partial charge in [-0.3, -0.25) is 0 Å². The first kappa shape index (κ1) is 17.6. The normalized spacial score (nSPS) is 13.7. The molecule has 0 heterocycles. The molecule has 0 saturated heterocycles. The zero-order valence-electron chi connectivity index (χ0n) is 8.34. The quantitative estimate of drug-likeness (QED) is 0.483. The highest BCUT2D eigenvalue weighted by atomic mass is 14.7. The number of hydrogen-bond donors (Lipinski definition) is 4. The maximum absolute atomic E-state index is 5.71. The predicted molar refractivity (Wildman–Crippen MR) is 55.7 cm³/mol. The zero-order valence-corrected chi connectivity index (χ0v) is 8.34. The first-order chi connectivity index (χ1) is 4.63. The van der Waals surface area contributed by atoms with Crippen LogP contribution in [0, 0.1) is 0 Å². The number of hydrogen-bond acceptors (Lipinski definition) is 4. The maximum Gasteiger partial charge on any atom is 0.0263 e. The van der Waals surface area contributed by atoms with Gasteiger partial charge in [-0.15, -0.1) is 0 Å². The molecule has 0 amide bonds. The Kier molecular flexibility index (Phi) is 12.7. The molecule has 0 radical (unpaired) electrons. The van der Waals surface area contributed by atoms with Gasteiger partial charge in [-0.1, -0.05) is 20.4 Å². The van der Waals surface area contributed by atoms with Crippen molar-refractivity contribution in [1.29, 1.82) is 0 Å². The molecule has 0 rings (SSSR count). The Morgan fingerprint density at radius 1 is 1.08 bits per heavy atom. The van der Waals surface area contributed by atoms with Crippen LogP contribution in [0.5, 0.6) is 0 Å². The summed E-state index contributed by atoms with van der Waals surface area (Å²) in [5.41, 5.74) is 12.4. The van der Waals surface area contributed by atoms with Gasteiger partial charge in [-0.25, -0.2) is 0 Å². The average Bonchev–Trinajstić information content (AvgIpc) is 2.00. The summed E-state index contributed by atoms with van der Waals surface area (Å²) in [6, 6.07) is 0.157. The molecule has 4 nitrogen and oxygen atoms in total. The highest BCUT2D eigenvalue weighted by Crippen LogP contribution is 2.06. The lowest BCUT2D eigenvalue weighted by atomic mass is 9.99. The molecule has 76 valence electrons. The Morgan fingerprint density at radius 2 is 1.33 bits per heavy atom. The molecule has 0 aromatic carbocycles. The highest BCUT2D eigenvalue weighted by Gasteiger charge is 2.10. The monoisotopic (exact) mass is 176 g/mol. The van der Waals surface area contributed by atoms with E-state index in [1.54, 1.807) is 0 Å². The molecule has 0 aliphatic rings. The number of nitrogens with two attached hydrogens (primary N) is 2. The molecule has 0 spiro atoms. The summed E-state index contributed by atoms with van der Waals surface area (Å²) in [5, 5.41) is 0. The van der Waals surface area contributed by atoms with Gasteiger partial charge in [0.2, 0.25) is 0 Å². The Balaban J connectivity index is -0.000000405. The largest absolute Gasteiger partial charge is 0.344 e. The summed E-state index contributed by atoms with van der Waals surface area (Å²) in [6.07, 6.45) is 1.85. The Morgan fingerprint density at radius 3 is 1.50 bits per heavy atom. The molecule has 0 aromatic rings. The minimum absolute atomic E-state index is 0. The second-order valence-electron chi connectivity index (χ2n) is 2.60. The van der Waals surface area contributed by atoms with E-state index in [0.717, 1.165) is 18.4 Å². The van der Waals surface area contributed by atoms with Crippen molar-refractivity contribution < 1.29 is 0 Å². The van der Waals surface area contributed by atoms with Gasteiger partial charge >= 0.3 is 0 Å². The van der Waals surface area contributed by atoms with E-state index in [-0.39, 0.29) is 24.4 Å². The van der Waals surface area contributed by atoms with Gasteiger partial charge in [0.15, 0.2) is 0 Å². The molecule has 2 atom stereocenters. The van der Waals surface area contributed by atoms with Crippen LogP contribution in [0.25, 0.3) is 0 Å². The summed E-state index contributed by atoms with van der Waals surface area (Å²) in [4.78, 5) is 0. The summed E-state index contributed by atoms with van der Waals surface area (Å²) >= 11 is 0. The lowest BCUT2D eigenvalue weighted by molar-refractivity contribution is 0.633. The van der Waals surface area contributed by atoms with Crippen LogP contribution in [0.4, 0.5) is 0 Å². The van der Waals surface area contributed by atoms with Gasteiger partial charge in [-0.05, 0) is 18.4 Å². The van der Waals surface area contributed by atoms with Gasteiger partial charge in [0, 0.05) is 12.1 Å². The van der Waals surface area contributed by atoms with Gasteiger partial charge in [-0.2, -0.15) is 0 Å². The smallest absolute Gasteiger partial charge is 0.0263 e. The van der Waals surface area contributed by atoms with Crippen LogP contribution >= 0.6 is 0 Å². The molecular weight excluding hydrogens is 152 g/mol. The minimum atomic E-state index is 0. The summed E-state index contributed by atoms with van der Waals surface area (Å²) < 4.78 is 0. The van der Waals surface area contributed by atoms with E-state index in [0.29, 0.717) is 0 Å². The van der Waals surface area contributed by atoms with Crippen molar-refractivity contribution in [1.82, 2.24) is 12.3 Å².